The van der Waals surface area contributed by atoms with Crippen LogP contribution in [-0.2, 0) is 6.42 Å². The molecular weight excluding hydrogens is 401 g/mol. The Morgan fingerprint density at radius 1 is 0.938 bits per heavy atom. The highest BCUT2D eigenvalue weighted by atomic mass is 19.1. The lowest BCUT2D eigenvalue weighted by Gasteiger charge is -2.11. The summed E-state index contributed by atoms with van der Waals surface area (Å²) in [7, 11) is 0. The molecule has 0 bridgehead atoms. The Hall–Kier alpha value is -3.93. The van der Waals surface area contributed by atoms with Crippen molar-refractivity contribution < 1.29 is 4.39 Å². The van der Waals surface area contributed by atoms with E-state index in [1.807, 2.05) is 50.2 Å². The van der Waals surface area contributed by atoms with Crippen molar-refractivity contribution in [3.63, 3.8) is 0 Å². The molecule has 0 fully saturated rings. The van der Waals surface area contributed by atoms with Crippen LogP contribution in [0.25, 0.3) is 21.7 Å². The number of halogens is 1. The summed E-state index contributed by atoms with van der Waals surface area (Å²) in [6, 6.07) is 19.6. The molecule has 5 aromatic rings. The highest BCUT2D eigenvalue weighted by molar-refractivity contribution is 5.95. The molecule has 0 aliphatic heterocycles. The SMILES string of the molecule is Cc1[nH]c2c(F)ccc(C)c2c1CCNc1cc(Nc2cccc3ccccc23)ncn1. The van der Waals surface area contributed by atoms with E-state index in [0.717, 1.165) is 51.3 Å². The maximum atomic E-state index is 14.2. The smallest absolute Gasteiger partial charge is 0.147 e. The van der Waals surface area contributed by atoms with Gasteiger partial charge in [0.25, 0.3) is 0 Å². The van der Waals surface area contributed by atoms with E-state index >= 15 is 0 Å². The maximum Gasteiger partial charge on any atom is 0.147 e. The molecule has 0 aliphatic carbocycles. The number of aryl methyl sites for hydroxylation is 2. The lowest BCUT2D eigenvalue weighted by molar-refractivity contribution is 0.637. The molecule has 6 heteroatoms. The molecular formula is C26H24FN5. The summed E-state index contributed by atoms with van der Waals surface area (Å²) in [5.41, 5.74) is 4.79. The van der Waals surface area contributed by atoms with Gasteiger partial charge in [-0.15, -0.1) is 0 Å². The number of fused-ring (bicyclic) bond motifs is 2. The number of rotatable bonds is 6. The fraction of sp³-hybridized carbons (Fsp3) is 0.154. The average Bonchev–Trinajstić information content (AvgIpc) is 3.14. The highest BCUT2D eigenvalue weighted by Gasteiger charge is 2.13. The molecule has 32 heavy (non-hydrogen) atoms. The highest BCUT2D eigenvalue weighted by Crippen LogP contribution is 2.28. The second kappa shape index (κ2) is 8.30. The van der Waals surface area contributed by atoms with Crippen LogP contribution in [-0.4, -0.2) is 21.5 Å². The molecule has 0 unspecified atom stereocenters. The van der Waals surface area contributed by atoms with Crippen molar-refractivity contribution in [1.29, 1.82) is 0 Å². The van der Waals surface area contributed by atoms with Crippen LogP contribution in [0, 0.1) is 19.7 Å². The zero-order chi connectivity index (χ0) is 22.1. The summed E-state index contributed by atoms with van der Waals surface area (Å²) < 4.78 is 14.2. The quantitative estimate of drug-likeness (QED) is 0.300. The molecule has 0 radical (unpaired) electrons. The van der Waals surface area contributed by atoms with Crippen molar-refractivity contribution in [3.8, 4) is 0 Å². The van der Waals surface area contributed by atoms with E-state index in [-0.39, 0.29) is 5.82 Å². The monoisotopic (exact) mass is 425 g/mol. The molecule has 2 aromatic heterocycles. The van der Waals surface area contributed by atoms with Gasteiger partial charge < -0.3 is 15.6 Å². The number of hydrogen-bond acceptors (Lipinski definition) is 4. The van der Waals surface area contributed by atoms with Crippen LogP contribution in [0.5, 0.6) is 0 Å². The van der Waals surface area contributed by atoms with Crippen LogP contribution >= 0.6 is 0 Å². The first-order valence-corrected chi connectivity index (χ1v) is 10.7. The van der Waals surface area contributed by atoms with Gasteiger partial charge in [-0.1, -0.05) is 42.5 Å². The number of nitrogens with zero attached hydrogens (tertiary/aromatic N) is 2. The predicted molar refractivity (Wildman–Crippen MR) is 129 cm³/mol. The molecule has 5 rings (SSSR count). The van der Waals surface area contributed by atoms with E-state index in [4.69, 9.17) is 0 Å². The lowest BCUT2D eigenvalue weighted by Crippen LogP contribution is -2.08. The van der Waals surface area contributed by atoms with E-state index in [0.29, 0.717) is 12.1 Å². The summed E-state index contributed by atoms with van der Waals surface area (Å²) in [5.74, 6) is 1.25. The Balaban J connectivity index is 1.32. The minimum absolute atomic E-state index is 0.215. The Labute approximate surface area is 185 Å². The molecule has 0 atom stereocenters. The number of hydrogen-bond donors (Lipinski definition) is 3. The van der Waals surface area contributed by atoms with Crippen LogP contribution < -0.4 is 10.6 Å². The van der Waals surface area contributed by atoms with E-state index in [9.17, 15) is 4.39 Å². The molecule has 160 valence electrons. The number of benzene rings is 3. The van der Waals surface area contributed by atoms with Crippen LogP contribution in [0.15, 0.2) is 67.0 Å². The van der Waals surface area contributed by atoms with E-state index < -0.39 is 0 Å². The summed E-state index contributed by atoms with van der Waals surface area (Å²) in [6.07, 6.45) is 2.30. The van der Waals surface area contributed by atoms with Gasteiger partial charge in [0.05, 0.1) is 5.52 Å². The van der Waals surface area contributed by atoms with Gasteiger partial charge in [-0.3, -0.25) is 0 Å². The number of aromatic nitrogens is 3. The standard InChI is InChI=1S/C26H24FN5/c1-16-10-11-21(27)26-25(16)19(17(2)31-26)12-13-28-23-14-24(30-15-29-23)32-22-9-5-7-18-6-3-4-8-20(18)22/h3-11,14-15,31H,12-13H2,1-2H3,(H2,28,29,30,32). The zero-order valence-electron chi connectivity index (χ0n) is 18.0. The van der Waals surface area contributed by atoms with Crippen LogP contribution in [0.1, 0.15) is 16.8 Å². The van der Waals surface area contributed by atoms with Gasteiger partial charge in [0, 0.05) is 34.8 Å². The number of aromatic amines is 1. The zero-order valence-corrected chi connectivity index (χ0v) is 18.0. The largest absolute Gasteiger partial charge is 0.370 e. The van der Waals surface area contributed by atoms with Crippen molar-refractivity contribution in [2.75, 3.05) is 17.2 Å². The third-order valence-corrected chi connectivity index (χ3v) is 5.83. The van der Waals surface area contributed by atoms with Crippen molar-refractivity contribution in [3.05, 3.63) is 89.6 Å². The van der Waals surface area contributed by atoms with Gasteiger partial charge >= 0.3 is 0 Å². The van der Waals surface area contributed by atoms with E-state index in [1.165, 1.54) is 11.5 Å². The molecule has 0 saturated carbocycles. The normalized spacial score (nSPS) is 11.2. The third-order valence-electron chi connectivity index (χ3n) is 5.83. The lowest BCUT2D eigenvalue weighted by atomic mass is 10.0. The molecule has 0 amide bonds. The van der Waals surface area contributed by atoms with Gasteiger partial charge in [-0.2, -0.15) is 0 Å². The van der Waals surface area contributed by atoms with E-state index in [1.54, 1.807) is 6.33 Å². The second-order valence-electron chi connectivity index (χ2n) is 7.96. The molecule has 0 spiro atoms. The Kier molecular flexibility index (Phi) is 5.19. The first-order valence-electron chi connectivity index (χ1n) is 10.7. The topological polar surface area (TPSA) is 65.6 Å². The minimum atomic E-state index is -0.215. The van der Waals surface area contributed by atoms with Gasteiger partial charge in [0.2, 0.25) is 0 Å². The molecule has 3 N–H and O–H groups in total. The predicted octanol–water partition coefficient (Wildman–Crippen LogP) is 6.27. The van der Waals surface area contributed by atoms with Crippen molar-refractivity contribution >= 4 is 39.0 Å². The summed E-state index contributed by atoms with van der Waals surface area (Å²) in [6.45, 7) is 4.68. The van der Waals surface area contributed by atoms with Crippen molar-refractivity contribution in [1.82, 2.24) is 15.0 Å². The fourth-order valence-corrected chi connectivity index (χ4v) is 4.27. The first-order chi connectivity index (χ1) is 15.6. The van der Waals surface area contributed by atoms with E-state index in [2.05, 4.69) is 43.8 Å². The van der Waals surface area contributed by atoms with Gasteiger partial charge in [-0.25, -0.2) is 14.4 Å². The molecule has 0 saturated heterocycles. The van der Waals surface area contributed by atoms with Crippen LogP contribution in [0.2, 0.25) is 0 Å². The number of H-pyrrole nitrogens is 1. The molecule has 3 aromatic carbocycles. The Morgan fingerprint density at radius 3 is 2.66 bits per heavy atom. The van der Waals surface area contributed by atoms with Gasteiger partial charge in [0.1, 0.15) is 23.8 Å². The second-order valence-corrected chi connectivity index (χ2v) is 7.96. The minimum Gasteiger partial charge on any atom is -0.370 e. The van der Waals surface area contributed by atoms with Crippen molar-refractivity contribution in [2.45, 2.75) is 20.3 Å². The Morgan fingerprint density at radius 2 is 1.75 bits per heavy atom. The Bertz CT molecular complexity index is 1420. The average molecular weight is 426 g/mol. The van der Waals surface area contributed by atoms with Gasteiger partial charge in [0.15, 0.2) is 0 Å². The fourth-order valence-electron chi connectivity index (χ4n) is 4.27. The van der Waals surface area contributed by atoms with Crippen LogP contribution in [0.3, 0.4) is 0 Å². The molecule has 0 aliphatic rings. The van der Waals surface area contributed by atoms with Gasteiger partial charge in [-0.05, 0) is 48.9 Å². The summed E-state index contributed by atoms with van der Waals surface area (Å²) >= 11 is 0. The summed E-state index contributed by atoms with van der Waals surface area (Å²) in [4.78, 5) is 11.9. The van der Waals surface area contributed by atoms with Crippen molar-refractivity contribution in [2.24, 2.45) is 0 Å². The first kappa shape index (κ1) is 20.0. The molecule has 2 heterocycles. The molecule has 5 nitrogen and oxygen atoms in total. The third kappa shape index (κ3) is 3.75. The number of anilines is 3. The number of nitrogens with one attached hydrogen (secondary N) is 3. The summed E-state index contributed by atoms with van der Waals surface area (Å²) in [5, 5.41) is 10.1. The van der Waals surface area contributed by atoms with Crippen LogP contribution in [0.4, 0.5) is 21.7 Å². The maximum absolute atomic E-state index is 14.2.